The predicted molar refractivity (Wildman–Crippen MR) is 71.1 cm³/mol. The van der Waals surface area contributed by atoms with Crippen LogP contribution in [0.15, 0.2) is 0 Å². The normalized spacial score (nSPS) is 38.9. The van der Waals surface area contributed by atoms with Gasteiger partial charge >= 0.3 is 11.9 Å². The van der Waals surface area contributed by atoms with Crippen LogP contribution in [0.3, 0.4) is 0 Å². The van der Waals surface area contributed by atoms with Gasteiger partial charge in [0.1, 0.15) is 11.8 Å². The number of hydrogen-bond donors (Lipinski definition) is 0. The summed E-state index contributed by atoms with van der Waals surface area (Å²) in [5, 5.41) is 0. The summed E-state index contributed by atoms with van der Waals surface area (Å²) in [4.78, 5) is 48.8. The molecule has 6 heteroatoms. The van der Waals surface area contributed by atoms with Crippen LogP contribution in [0.1, 0.15) is 33.1 Å². The van der Waals surface area contributed by atoms with Crippen LogP contribution >= 0.6 is 0 Å². The van der Waals surface area contributed by atoms with E-state index in [9.17, 15) is 19.2 Å². The molecule has 4 atom stereocenters. The highest BCUT2D eigenvalue weighted by atomic mass is 16.5. The molecule has 0 unspecified atom stereocenters. The first-order chi connectivity index (χ1) is 9.68. The minimum atomic E-state index is -0.929. The SMILES string of the molecule is COC(=O)[C@H]1C[C@]2(C)C[C@](C)(C[C@@H](C(=O)OC)C2=O)C1=O. The second-order valence-electron chi connectivity index (χ2n) is 6.59. The van der Waals surface area contributed by atoms with E-state index >= 15 is 0 Å². The monoisotopic (exact) mass is 296 g/mol. The van der Waals surface area contributed by atoms with Gasteiger partial charge in [-0.3, -0.25) is 19.2 Å². The van der Waals surface area contributed by atoms with E-state index in [-0.39, 0.29) is 24.4 Å². The molecule has 0 N–H and O–H groups in total. The highest BCUT2D eigenvalue weighted by Gasteiger charge is 2.61. The third kappa shape index (κ3) is 2.26. The first-order valence-corrected chi connectivity index (χ1v) is 6.93. The third-order valence-electron chi connectivity index (χ3n) is 4.88. The van der Waals surface area contributed by atoms with Crippen LogP contribution < -0.4 is 0 Å². The maximum atomic E-state index is 12.6. The van der Waals surface area contributed by atoms with E-state index in [1.807, 2.05) is 0 Å². The molecule has 0 aromatic carbocycles. The zero-order chi connectivity index (χ0) is 16.0. The van der Waals surface area contributed by atoms with Crippen LogP contribution in [0.4, 0.5) is 0 Å². The van der Waals surface area contributed by atoms with Gasteiger partial charge in [-0.15, -0.1) is 0 Å². The Morgan fingerprint density at radius 1 is 0.905 bits per heavy atom. The van der Waals surface area contributed by atoms with Crippen molar-refractivity contribution < 1.29 is 28.7 Å². The van der Waals surface area contributed by atoms with Crippen LogP contribution in [0, 0.1) is 22.7 Å². The molecule has 0 radical (unpaired) electrons. The van der Waals surface area contributed by atoms with E-state index in [4.69, 9.17) is 0 Å². The summed E-state index contributed by atoms with van der Waals surface area (Å²) < 4.78 is 9.37. The molecule has 21 heavy (non-hydrogen) atoms. The fourth-order valence-corrected chi connectivity index (χ4v) is 3.97. The molecule has 2 bridgehead atoms. The highest BCUT2D eigenvalue weighted by molar-refractivity contribution is 6.09. The van der Waals surface area contributed by atoms with Crippen molar-refractivity contribution in [2.45, 2.75) is 33.1 Å². The second-order valence-corrected chi connectivity index (χ2v) is 6.59. The van der Waals surface area contributed by atoms with Crippen LogP contribution in [0.2, 0.25) is 0 Å². The smallest absolute Gasteiger partial charge is 0.316 e. The number of methoxy groups -OCH3 is 2. The molecule has 116 valence electrons. The average molecular weight is 296 g/mol. The summed E-state index contributed by atoms with van der Waals surface area (Å²) in [5.41, 5.74) is -1.75. The van der Waals surface area contributed by atoms with Gasteiger partial charge in [0, 0.05) is 10.8 Å². The molecular weight excluding hydrogens is 276 g/mol. The number of carbonyl (C=O) groups is 4. The van der Waals surface area contributed by atoms with Gasteiger partial charge in [-0.2, -0.15) is 0 Å². The quantitative estimate of drug-likeness (QED) is 0.556. The standard InChI is InChI=1S/C15H20O6/c1-14-5-8(12(18)20-3)11(17)15(2,7-14)6-9(10(14)16)13(19)21-4/h8-9H,5-7H2,1-4H3/t8-,9+,14+,15-. The van der Waals surface area contributed by atoms with Crippen molar-refractivity contribution in [3.63, 3.8) is 0 Å². The Morgan fingerprint density at radius 3 is 1.52 bits per heavy atom. The molecule has 2 aliphatic rings. The van der Waals surface area contributed by atoms with Crippen molar-refractivity contribution in [3.05, 3.63) is 0 Å². The zero-order valence-electron chi connectivity index (χ0n) is 12.7. The number of ketones is 2. The van der Waals surface area contributed by atoms with Crippen molar-refractivity contribution >= 4 is 23.5 Å². The van der Waals surface area contributed by atoms with Crippen LogP contribution in [-0.2, 0) is 28.7 Å². The molecular formula is C15H20O6. The second kappa shape index (κ2) is 4.93. The van der Waals surface area contributed by atoms with Gasteiger partial charge < -0.3 is 9.47 Å². The maximum Gasteiger partial charge on any atom is 0.316 e. The minimum Gasteiger partial charge on any atom is -0.468 e. The number of Topliss-reactive ketones (excluding diaryl/α,β-unsaturated/α-hetero) is 2. The summed E-state index contributed by atoms with van der Waals surface area (Å²) in [6.45, 7) is 3.43. The van der Waals surface area contributed by atoms with Crippen LogP contribution in [-0.4, -0.2) is 37.7 Å². The number of rotatable bonds is 2. The molecule has 2 rings (SSSR count). The summed E-state index contributed by atoms with van der Waals surface area (Å²) in [6, 6.07) is 0. The summed E-state index contributed by atoms with van der Waals surface area (Å²) >= 11 is 0. The fourth-order valence-electron chi connectivity index (χ4n) is 3.97. The zero-order valence-corrected chi connectivity index (χ0v) is 12.7. The van der Waals surface area contributed by atoms with E-state index in [1.165, 1.54) is 14.2 Å². The summed E-state index contributed by atoms with van der Waals surface area (Å²) in [6.07, 6.45) is 0.555. The van der Waals surface area contributed by atoms with Crippen molar-refractivity contribution in [3.8, 4) is 0 Å². The average Bonchev–Trinajstić information content (AvgIpc) is 2.45. The minimum absolute atomic E-state index is 0.0976. The third-order valence-corrected chi connectivity index (χ3v) is 4.88. The molecule has 0 saturated heterocycles. The summed E-state index contributed by atoms with van der Waals surface area (Å²) in [5.74, 6) is -3.56. The number of esters is 2. The van der Waals surface area contributed by atoms with E-state index < -0.39 is 34.6 Å². The fraction of sp³-hybridized carbons (Fsp3) is 0.733. The molecule has 2 fully saturated rings. The number of ether oxygens (including phenoxy) is 2. The topological polar surface area (TPSA) is 86.7 Å². The first kappa shape index (κ1) is 15.7. The lowest BCUT2D eigenvalue weighted by molar-refractivity contribution is -0.171. The largest absolute Gasteiger partial charge is 0.468 e. The molecule has 0 aromatic heterocycles. The molecule has 0 amide bonds. The lowest BCUT2D eigenvalue weighted by atomic mass is 9.50. The van der Waals surface area contributed by atoms with E-state index in [2.05, 4.69) is 9.47 Å². The Balaban J connectivity index is 2.43. The van der Waals surface area contributed by atoms with Gasteiger partial charge in [-0.25, -0.2) is 0 Å². The van der Waals surface area contributed by atoms with E-state index in [0.29, 0.717) is 6.42 Å². The predicted octanol–water partition coefficient (Wildman–Crippen LogP) is 0.913. The van der Waals surface area contributed by atoms with Crippen molar-refractivity contribution in [2.24, 2.45) is 22.7 Å². The lowest BCUT2D eigenvalue weighted by Gasteiger charge is -2.50. The Bertz CT molecular complexity index is 478. The van der Waals surface area contributed by atoms with Gasteiger partial charge in [-0.1, -0.05) is 13.8 Å². The number of carbonyl (C=O) groups excluding carboxylic acids is 4. The Morgan fingerprint density at radius 2 is 1.24 bits per heavy atom. The molecule has 0 aromatic rings. The maximum absolute atomic E-state index is 12.6. The van der Waals surface area contributed by atoms with E-state index in [1.54, 1.807) is 13.8 Å². The van der Waals surface area contributed by atoms with Gasteiger partial charge in [0.2, 0.25) is 0 Å². The van der Waals surface area contributed by atoms with Crippen molar-refractivity contribution in [2.75, 3.05) is 14.2 Å². The van der Waals surface area contributed by atoms with Crippen LogP contribution in [0.25, 0.3) is 0 Å². The Labute approximate surface area is 123 Å². The van der Waals surface area contributed by atoms with Crippen molar-refractivity contribution in [1.82, 2.24) is 0 Å². The first-order valence-electron chi connectivity index (χ1n) is 6.93. The molecule has 0 spiro atoms. The molecule has 0 heterocycles. The van der Waals surface area contributed by atoms with Gasteiger partial charge in [0.05, 0.1) is 14.2 Å². The Hall–Kier alpha value is -1.72. The van der Waals surface area contributed by atoms with Gasteiger partial charge in [-0.05, 0) is 19.3 Å². The molecule has 2 aliphatic carbocycles. The molecule has 6 nitrogen and oxygen atoms in total. The Kier molecular flexibility index (Phi) is 3.68. The summed E-state index contributed by atoms with van der Waals surface area (Å²) in [7, 11) is 2.45. The molecule has 2 saturated carbocycles. The van der Waals surface area contributed by atoms with Gasteiger partial charge in [0.25, 0.3) is 0 Å². The van der Waals surface area contributed by atoms with Crippen LogP contribution in [0.5, 0.6) is 0 Å². The van der Waals surface area contributed by atoms with E-state index in [0.717, 1.165) is 0 Å². The lowest BCUT2D eigenvalue weighted by Crippen LogP contribution is -2.58. The highest BCUT2D eigenvalue weighted by Crippen LogP contribution is 2.55. The van der Waals surface area contributed by atoms with Crippen molar-refractivity contribution in [1.29, 1.82) is 0 Å². The van der Waals surface area contributed by atoms with Gasteiger partial charge in [0.15, 0.2) is 11.6 Å². The number of fused-ring (bicyclic) bond motifs is 2. The number of hydrogen-bond acceptors (Lipinski definition) is 6. The molecule has 0 aliphatic heterocycles.